The Morgan fingerprint density at radius 3 is 2.88 bits per heavy atom. The summed E-state index contributed by atoms with van der Waals surface area (Å²) in [4.78, 5) is 16.8. The lowest BCUT2D eigenvalue weighted by atomic mass is 10.2. The van der Waals surface area contributed by atoms with E-state index >= 15 is 0 Å². The standard InChI is InChI=1S/C11H13BrINO2/c1-7(2)6-16-14-11(15)9-5-8(13)3-4-10(9)12/h3-5,7H,6H2,1-2H3,(H,14,15). The van der Waals surface area contributed by atoms with Gasteiger partial charge < -0.3 is 0 Å². The van der Waals surface area contributed by atoms with Crippen molar-refractivity contribution in [2.75, 3.05) is 6.61 Å². The van der Waals surface area contributed by atoms with Gasteiger partial charge in [-0.05, 0) is 62.6 Å². The Hall–Kier alpha value is -0.140. The molecule has 0 aliphatic rings. The number of nitrogens with one attached hydrogen (secondary N) is 1. The van der Waals surface area contributed by atoms with Crippen LogP contribution in [0.25, 0.3) is 0 Å². The fourth-order valence-electron chi connectivity index (χ4n) is 1.00. The molecule has 16 heavy (non-hydrogen) atoms. The third kappa shape index (κ3) is 4.39. The van der Waals surface area contributed by atoms with E-state index in [0.717, 1.165) is 8.04 Å². The number of halogens is 2. The van der Waals surface area contributed by atoms with Crippen LogP contribution >= 0.6 is 38.5 Å². The molecule has 1 aromatic carbocycles. The zero-order valence-corrected chi connectivity index (χ0v) is 12.8. The summed E-state index contributed by atoms with van der Waals surface area (Å²) in [6.45, 7) is 4.55. The largest absolute Gasteiger partial charge is 0.276 e. The minimum absolute atomic E-state index is 0.231. The molecule has 1 rings (SSSR count). The summed E-state index contributed by atoms with van der Waals surface area (Å²) in [7, 11) is 0. The molecule has 0 aromatic heterocycles. The number of hydroxylamine groups is 1. The molecule has 0 heterocycles. The molecule has 3 nitrogen and oxygen atoms in total. The van der Waals surface area contributed by atoms with Crippen molar-refractivity contribution in [3.05, 3.63) is 31.8 Å². The molecule has 0 aliphatic carbocycles. The Labute approximate surface area is 117 Å². The molecule has 0 unspecified atom stereocenters. The van der Waals surface area contributed by atoms with E-state index in [9.17, 15) is 4.79 Å². The maximum atomic E-state index is 11.7. The topological polar surface area (TPSA) is 38.3 Å². The predicted molar refractivity (Wildman–Crippen MR) is 75.1 cm³/mol. The quantitative estimate of drug-likeness (QED) is 0.624. The van der Waals surface area contributed by atoms with Gasteiger partial charge in [0.1, 0.15) is 0 Å². The maximum absolute atomic E-state index is 11.7. The Morgan fingerprint density at radius 2 is 2.25 bits per heavy atom. The molecule has 0 saturated heterocycles. The number of benzene rings is 1. The molecule has 5 heteroatoms. The van der Waals surface area contributed by atoms with Crippen molar-refractivity contribution in [2.24, 2.45) is 5.92 Å². The highest BCUT2D eigenvalue weighted by molar-refractivity contribution is 14.1. The number of amides is 1. The lowest BCUT2D eigenvalue weighted by molar-refractivity contribution is 0.0208. The number of hydrogen-bond donors (Lipinski definition) is 1. The van der Waals surface area contributed by atoms with Crippen LogP contribution < -0.4 is 5.48 Å². The first-order chi connectivity index (χ1) is 7.50. The van der Waals surface area contributed by atoms with Gasteiger partial charge in [0.2, 0.25) is 0 Å². The average molecular weight is 398 g/mol. The van der Waals surface area contributed by atoms with Gasteiger partial charge in [-0.15, -0.1) is 0 Å². The molecule has 0 bridgehead atoms. The smallest absolute Gasteiger partial charge is 0.273 e. The van der Waals surface area contributed by atoms with Gasteiger partial charge in [-0.1, -0.05) is 13.8 Å². The Bertz CT molecular complexity index is 382. The van der Waals surface area contributed by atoms with Crippen LogP contribution in [0.15, 0.2) is 22.7 Å². The van der Waals surface area contributed by atoms with Crippen LogP contribution in [-0.2, 0) is 4.84 Å². The van der Waals surface area contributed by atoms with E-state index in [4.69, 9.17) is 4.84 Å². The van der Waals surface area contributed by atoms with E-state index in [0.29, 0.717) is 18.1 Å². The molecule has 0 radical (unpaired) electrons. The first-order valence-corrected chi connectivity index (χ1v) is 6.75. The van der Waals surface area contributed by atoms with Crippen LogP contribution in [0.2, 0.25) is 0 Å². The third-order valence-corrected chi connectivity index (χ3v) is 3.12. The number of rotatable bonds is 4. The summed E-state index contributed by atoms with van der Waals surface area (Å²) in [6.07, 6.45) is 0. The van der Waals surface area contributed by atoms with Crippen molar-refractivity contribution in [1.29, 1.82) is 0 Å². The van der Waals surface area contributed by atoms with Crippen LogP contribution in [0.5, 0.6) is 0 Å². The summed E-state index contributed by atoms with van der Waals surface area (Å²) in [5, 5.41) is 0. The summed E-state index contributed by atoms with van der Waals surface area (Å²) in [5.41, 5.74) is 3.01. The molecular formula is C11H13BrINO2. The van der Waals surface area contributed by atoms with Crippen molar-refractivity contribution < 1.29 is 9.63 Å². The summed E-state index contributed by atoms with van der Waals surface area (Å²) in [5.74, 6) is 0.158. The molecule has 1 amide bonds. The van der Waals surface area contributed by atoms with Crippen molar-refractivity contribution in [1.82, 2.24) is 5.48 Å². The van der Waals surface area contributed by atoms with E-state index in [1.165, 1.54) is 0 Å². The van der Waals surface area contributed by atoms with E-state index < -0.39 is 0 Å². The molecule has 88 valence electrons. The molecule has 0 saturated carbocycles. The van der Waals surface area contributed by atoms with Crippen molar-refractivity contribution in [3.63, 3.8) is 0 Å². The van der Waals surface area contributed by atoms with Gasteiger partial charge in [-0.3, -0.25) is 9.63 Å². The zero-order chi connectivity index (χ0) is 12.1. The highest BCUT2D eigenvalue weighted by Crippen LogP contribution is 2.19. The Balaban J connectivity index is 2.62. The van der Waals surface area contributed by atoms with Gasteiger partial charge in [0.25, 0.3) is 5.91 Å². The van der Waals surface area contributed by atoms with E-state index in [-0.39, 0.29) is 5.91 Å². The van der Waals surface area contributed by atoms with Gasteiger partial charge in [0.15, 0.2) is 0 Å². The summed E-state index contributed by atoms with van der Waals surface area (Å²) in [6, 6.07) is 5.58. The molecule has 0 spiro atoms. The molecule has 1 N–H and O–H groups in total. The lowest BCUT2D eigenvalue weighted by Gasteiger charge is -2.09. The fraction of sp³-hybridized carbons (Fsp3) is 0.364. The van der Waals surface area contributed by atoms with Crippen molar-refractivity contribution in [3.8, 4) is 0 Å². The van der Waals surface area contributed by atoms with Crippen LogP contribution in [0.1, 0.15) is 24.2 Å². The van der Waals surface area contributed by atoms with Crippen LogP contribution in [-0.4, -0.2) is 12.5 Å². The van der Waals surface area contributed by atoms with Crippen LogP contribution in [0.4, 0.5) is 0 Å². The minimum atomic E-state index is -0.231. The van der Waals surface area contributed by atoms with E-state index in [2.05, 4.69) is 44.0 Å². The van der Waals surface area contributed by atoms with Gasteiger partial charge in [-0.25, -0.2) is 5.48 Å². The highest BCUT2D eigenvalue weighted by Gasteiger charge is 2.10. The number of carbonyl (C=O) groups is 1. The Morgan fingerprint density at radius 1 is 1.56 bits per heavy atom. The molecule has 0 fully saturated rings. The Kier molecular flexibility index (Phi) is 5.71. The lowest BCUT2D eigenvalue weighted by Crippen LogP contribution is -2.26. The second kappa shape index (κ2) is 6.56. The SMILES string of the molecule is CC(C)CONC(=O)c1cc(I)ccc1Br. The maximum Gasteiger partial charge on any atom is 0.276 e. The van der Waals surface area contributed by atoms with Gasteiger partial charge in [-0.2, -0.15) is 0 Å². The number of carbonyl (C=O) groups excluding carboxylic acids is 1. The van der Waals surface area contributed by atoms with E-state index in [1.54, 1.807) is 6.07 Å². The zero-order valence-electron chi connectivity index (χ0n) is 9.09. The second-order valence-electron chi connectivity index (χ2n) is 3.76. The van der Waals surface area contributed by atoms with Crippen LogP contribution in [0.3, 0.4) is 0 Å². The molecule has 0 atom stereocenters. The number of hydrogen-bond acceptors (Lipinski definition) is 2. The third-order valence-electron chi connectivity index (χ3n) is 1.75. The highest BCUT2D eigenvalue weighted by atomic mass is 127. The van der Waals surface area contributed by atoms with Gasteiger partial charge in [0, 0.05) is 8.04 Å². The van der Waals surface area contributed by atoms with Gasteiger partial charge >= 0.3 is 0 Å². The van der Waals surface area contributed by atoms with Gasteiger partial charge in [0.05, 0.1) is 12.2 Å². The minimum Gasteiger partial charge on any atom is -0.273 e. The molecule has 0 aliphatic heterocycles. The van der Waals surface area contributed by atoms with Crippen molar-refractivity contribution >= 4 is 44.4 Å². The van der Waals surface area contributed by atoms with Crippen LogP contribution in [0, 0.1) is 9.49 Å². The monoisotopic (exact) mass is 397 g/mol. The normalized spacial score (nSPS) is 10.6. The fourth-order valence-corrected chi connectivity index (χ4v) is 1.92. The summed E-state index contributed by atoms with van der Waals surface area (Å²) >= 11 is 5.49. The second-order valence-corrected chi connectivity index (χ2v) is 5.86. The molecular weight excluding hydrogens is 385 g/mol. The predicted octanol–water partition coefficient (Wildman–Crippen LogP) is 3.37. The summed E-state index contributed by atoms with van der Waals surface area (Å²) < 4.78 is 1.77. The first-order valence-electron chi connectivity index (χ1n) is 4.88. The van der Waals surface area contributed by atoms with E-state index in [1.807, 2.05) is 26.0 Å². The average Bonchev–Trinajstić information content (AvgIpc) is 2.21. The molecule has 1 aromatic rings. The first kappa shape index (κ1) is 13.9. The van der Waals surface area contributed by atoms with Crippen molar-refractivity contribution in [2.45, 2.75) is 13.8 Å².